The Kier molecular flexibility index (Phi) is 5.53. The van der Waals surface area contributed by atoms with Crippen LogP contribution in [0.3, 0.4) is 0 Å². The summed E-state index contributed by atoms with van der Waals surface area (Å²) in [5.41, 5.74) is 0. The molecule has 6 nitrogen and oxygen atoms in total. The van der Waals surface area contributed by atoms with Gasteiger partial charge in [0.15, 0.2) is 4.90 Å². The number of piperidine rings is 1. The molecule has 1 aromatic carbocycles. The molecule has 0 aromatic heterocycles. The van der Waals surface area contributed by atoms with Crippen LogP contribution in [0.1, 0.15) is 19.8 Å². The summed E-state index contributed by atoms with van der Waals surface area (Å²) in [4.78, 5) is 10.5. The zero-order valence-corrected chi connectivity index (χ0v) is 13.4. The number of rotatable bonds is 4. The second kappa shape index (κ2) is 7.22. The molecular formula is C14H18F2N2O4S. The first-order valence-electron chi connectivity index (χ1n) is 7.23. The molecule has 23 heavy (non-hydrogen) atoms. The molecule has 1 heterocycles. The third kappa shape index (κ3) is 3.97. The van der Waals surface area contributed by atoms with Crippen LogP contribution < -0.4 is 5.32 Å². The maximum Gasteiger partial charge on any atom is 0.407 e. The van der Waals surface area contributed by atoms with Crippen molar-refractivity contribution in [2.75, 3.05) is 19.7 Å². The predicted octanol–water partition coefficient (Wildman–Crippen LogP) is 1.86. The van der Waals surface area contributed by atoms with Crippen LogP contribution in [0, 0.1) is 11.6 Å². The fourth-order valence-corrected chi connectivity index (χ4v) is 4.11. The van der Waals surface area contributed by atoms with Crippen LogP contribution in [0.2, 0.25) is 0 Å². The third-order valence-corrected chi connectivity index (χ3v) is 5.42. The number of alkyl carbamates (subject to hydrolysis) is 1. The van der Waals surface area contributed by atoms with E-state index in [2.05, 4.69) is 5.32 Å². The fraction of sp³-hybridized carbons (Fsp3) is 0.500. The van der Waals surface area contributed by atoms with Gasteiger partial charge >= 0.3 is 6.09 Å². The van der Waals surface area contributed by atoms with Crippen molar-refractivity contribution in [1.29, 1.82) is 0 Å². The fourth-order valence-electron chi connectivity index (χ4n) is 2.48. The zero-order valence-electron chi connectivity index (χ0n) is 12.6. The van der Waals surface area contributed by atoms with E-state index in [-0.39, 0.29) is 19.7 Å². The molecule has 0 bridgehead atoms. The Bertz CT molecular complexity index is 661. The van der Waals surface area contributed by atoms with Crippen molar-refractivity contribution in [3.63, 3.8) is 0 Å². The van der Waals surface area contributed by atoms with Gasteiger partial charge in [-0.1, -0.05) is 6.07 Å². The third-order valence-electron chi connectivity index (χ3n) is 3.50. The number of benzene rings is 1. The zero-order chi connectivity index (χ0) is 17.0. The van der Waals surface area contributed by atoms with E-state index in [0.717, 1.165) is 22.5 Å². The van der Waals surface area contributed by atoms with Crippen molar-refractivity contribution in [1.82, 2.24) is 9.62 Å². The lowest BCUT2D eigenvalue weighted by Gasteiger charge is -2.32. The Labute approximate surface area is 133 Å². The maximum absolute atomic E-state index is 13.8. The van der Waals surface area contributed by atoms with Gasteiger partial charge in [-0.25, -0.2) is 22.0 Å². The minimum atomic E-state index is -4.31. The van der Waals surface area contributed by atoms with Crippen LogP contribution >= 0.6 is 0 Å². The van der Waals surface area contributed by atoms with Gasteiger partial charge in [0.25, 0.3) is 0 Å². The number of nitrogens with one attached hydrogen (secondary N) is 1. The summed E-state index contributed by atoms with van der Waals surface area (Å²) in [5.74, 6) is -2.27. The second-order valence-electron chi connectivity index (χ2n) is 5.12. The highest BCUT2D eigenvalue weighted by atomic mass is 32.2. The molecule has 9 heteroatoms. The van der Waals surface area contributed by atoms with Crippen LogP contribution in [0.15, 0.2) is 23.1 Å². The molecule has 0 radical (unpaired) electrons. The summed E-state index contributed by atoms with van der Waals surface area (Å²) in [6, 6.07) is 2.43. The molecule has 2 rings (SSSR count). The first-order chi connectivity index (χ1) is 10.9. The first-order valence-corrected chi connectivity index (χ1v) is 8.67. The Morgan fingerprint density at radius 1 is 1.39 bits per heavy atom. The molecule has 128 valence electrons. The summed E-state index contributed by atoms with van der Waals surface area (Å²) >= 11 is 0. The topological polar surface area (TPSA) is 75.7 Å². The normalized spacial score (nSPS) is 19.3. The number of sulfonamides is 1. The summed E-state index contributed by atoms with van der Waals surface area (Å²) in [6.45, 7) is 1.92. The maximum atomic E-state index is 13.8. The molecule has 1 amide bonds. The van der Waals surface area contributed by atoms with Gasteiger partial charge < -0.3 is 10.1 Å². The standard InChI is InChI=1S/C14H18F2N2O4S/c1-2-22-14(19)17-10-5-4-8-18(9-10)23(20,21)13-11(15)6-3-7-12(13)16/h3,6-7,10H,2,4-5,8-9H2,1H3,(H,17,19)/t10-/m1/s1. The first kappa shape index (κ1) is 17.6. The van der Waals surface area contributed by atoms with Crippen molar-refractivity contribution >= 4 is 16.1 Å². The minimum Gasteiger partial charge on any atom is -0.450 e. The lowest BCUT2D eigenvalue weighted by molar-refractivity contribution is 0.142. The van der Waals surface area contributed by atoms with Crippen molar-refractivity contribution in [2.45, 2.75) is 30.7 Å². The van der Waals surface area contributed by atoms with Crippen molar-refractivity contribution < 1.29 is 26.7 Å². The van der Waals surface area contributed by atoms with Crippen molar-refractivity contribution in [3.05, 3.63) is 29.8 Å². The molecular weight excluding hydrogens is 330 g/mol. The number of hydrogen-bond donors (Lipinski definition) is 1. The molecule has 1 N–H and O–H groups in total. The molecule has 0 aliphatic carbocycles. The lowest BCUT2D eigenvalue weighted by atomic mass is 10.1. The summed E-state index contributed by atoms with van der Waals surface area (Å²) in [6.07, 6.45) is 0.380. The Balaban J connectivity index is 2.18. The SMILES string of the molecule is CCOC(=O)N[C@@H]1CCCN(S(=O)(=O)c2c(F)cccc2F)C1. The molecule has 0 saturated carbocycles. The number of ether oxygens (including phenoxy) is 1. The predicted molar refractivity (Wildman–Crippen MR) is 78.3 cm³/mol. The van der Waals surface area contributed by atoms with E-state index in [1.807, 2.05) is 0 Å². The minimum absolute atomic E-state index is 0.0606. The van der Waals surface area contributed by atoms with E-state index in [1.54, 1.807) is 6.92 Å². The highest BCUT2D eigenvalue weighted by Gasteiger charge is 2.34. The number of carbonyl (C=O) groups excluding carboxylic acids is 1. The monoisotopic (exact) mass is 348 g/mol. The van der Waals surface area contributed by atoms with Gasteiger partial charge in [0, 0.05) is 19.1 Å². The van der Waals surface area contributed by atoms with Gasteiger partial charge in [-0.3, -0.25) is 0 Å². The molecule has 1 aliphatic rings. The summed E-state index contributed by atoms with van der Waals surface area (Å²) < 4.78 is 58.3. The van der Waals surface area contributed by atoms with Gasteiger partial charge in [-0.15, -0.1) is 0 Å². The van der Waals surface area contributed by atoms with Crippen LogP contribution in [0.4, 0.5) is 13.6 Å². The number of nitrogens with zero attached hydrogens (tertiary/aromatic N) is 1. The Hall–Kier alpha value is -1.74. The molecule has 1 aliphatic heterocycles. The van der Waals surface area contributed by atoms with Gasteiger partial charge in [0.1, 0.15) is 11.6 Å². The van der Waals surface area contributed by atoms with Gasteiger partial charge in [0.05, 0.1) is 6.61 Å². The highest BCUT2D eigenvalue weighted by molar-refractivity contribution is 7.89. The van der Waals surface area contributed by atoms with Gasteiger partial charge in [0.2, 0.25) is 10.0 Å². The Morgan fingerprint density at radius 2 is 2.04 bits per heavy atom. The molecule has 1 fully saturated rings. The van der Waals surface area contributed by atoms with Crippen molar-refractivity contribution in [3.8, 4) is 0 Å². The Morgan fingerprint density at radius 3 is 2.65 bits per heavy atom. The summed E-state index contributed by atoms with van der Waals surface area (Å²) in [7, 11) is -4.31. The number of carbonyl (C=O) groups is 1. The van der Waals surface area contributed by atoms with Gasteiger partial charge in [-0.05, 0) is 31.9 Å². The van der Waals surface area contributed by atoms with Crippen LogP contribution in [0.25, 0.3) is 0 Å². The smallest absolute Gasteiger partial charge is 0.407 e. The largest absolute Gasteiger partial charge is 0.450 e. The average molecular weight is 348 g/mol. The van der Waals surface area contributed by atoms with E-state index in [1.165, 1.54) is 0 Å². The van der Waals surface area contributed by atoms with Gasteiger partial charge in [-0.2, -0.15) is 4.31 Å². The summed E-state index contributed by atoms with van der Waals surface area (Å²) in [5, 5.41) is 2.55. The van der Waals surface area contributed by atoms with Crippen LogP contribution in [-0.2, 0) is 14.8 Å². The molecule has 0 unspecified atom stereocenters. The van der Waals surface area contributed by atoms with E-state index in [0.29, 0.717) is 12.8 Å². The molecule has 1 atom stereocenters. The quantitative estimate of drug-likeness (QED) is 0.901. The molecule has 1 saturated heterocycles. The van der Waals surface area contributed by atoms with E-state index in [4.69, 9.17) is 4.74 Å². The van der Waals surface area contributed by atoms with E-state index in [9.17, 15) is 22.0 Å². The second-order valence-corrected chi connectivity index (χ2v) is 6.99. The number of hydrogen-bond acceptors (Lipinski definition) is 4. The number of amides is 1. The van der Waals surface area contributed by atoms with Crippen LogP contribution in [0.5, 0.6) is 0 Å². The lowest BCUT2D eigenvalue weighted by Crippen LogP contribution is -2.49. The number of halogens is 2. The van der Waals surface area contributed by atoms with Crippen molar-refractivity contribution in [2.24, 2.45) is 0 Å². The molecule has 1 aromatic rings. The van der Waals surface area contributed by atoms with E-state index >= 15 is 0 Å². The average Bonchev–Trinajstić information content (AvgIpc) is 2.47. The van der Waals surface area contributed by atoms with E-state index < -0.39 is 38.7 Å². The molecule has 0 spiro atoms. The van der Waals surface area contributed by atoms with Crippen LogP contribution in [-0.4, -0.2) is 44.6 Å². The highest BCUT2D eigenvalue weighted by Crippen LogP contribution is 2.25.